The summed E-state index contributed by atoms with van der Waals surface area (Å²) in [6.45, 7) is 5.14. The van der Waals surface area contributed by atoms with Crippen molar-refractivity contribution in [3.8, 4) is 6.07 Å². The third-order valence-corrected chi connectivity index (χ3v) is 3.05. The Morgan fingerprint density at radius 2 is 1.96 bits per heavy atom. The van der Waals surface area contributed by atoms with Crippen molar-refractivity contribution >= 4 is 23.6 Å². The standard InChI is InChI=1S/C18H21N3O3/c1-13(2)18(23)24-10-9-20-17(22)15(12-19)11-14-5-7-16(8-6-14)21(3)4/h5-8,11H,1,9-10H2,2-4H3,(H,20,22)/b15-11+. The molecule has 0 spiro atoms. The Balaban J connectivity index is 2.61. The average Bonchev–Trinajstić information content (AvgIpc) is 2.56. The van der Waals surface area contributed by atoms with E-state index in [2.05, 4.69) is 11.9 Å². The Bertz CT molecular complexity index is 682. The van der Waals surface area contributed by atoms with Crippen LogP contribution in [0, 0.1) is 11.3 Å². The third-order valence-electron chi connectivity index (χ3n) is 3.05. The molecule has 0 aliphatic heterocycles. The van der Waals surface area contributed by atoms with Gasteiger partial charge in [0.05, 0.1) is 6.54 Å². The molecule has 0 saturated heterocycles. The first-order valence-corrected chi connectivity index (χ1v) is 7.35. The van der Waals surface area contributed by atoms with Crippen LogP contribution in [0.15, 0.2) is 42.0 Å². The van der Waals surface area contributed by atoms with Crippen molar-refractivity contribution < 1.29 is 14.3 Å². The van der Waals surface area contributed by atoms with E-state index in [1.807, 2.05) is 49.3 Å². The Hall–Kier alpha value is -3.07. The van der Waals surface area contributed by atoms with Gasteiger partial charge in [0.15, 0.2) is 0 Å². The molecule has 0 aliphatic rings. The molecule has 0 saturated carbocycles. The molecule has 0 fully saturated rings. The number of ether oxygens (including phenoxy) is 1. The number of hydrogen-bond donors (Lipinski definition) is 1. The average molecular weight is 327 g/mol. The highest BCUT2D eigenvalue weighted by Crippen LogP contribution is 2.14. The second-order valence-electron chi connectivity index (χ2n) is 5.33. The smallest absolute Gasteiger partial charge is 0.333 e. The number of benzene rings is 1. The lowest BCUT2D eigenvalue weighted by Crippen LogP contribution is -2.29. The monoisotopic (exact) mass is 327 g/mol. The van der Waals surface area contributed by atoms with E-state index in [9.17, 15) is 9.59 Å². The van der Waals surface area contributed by atoms with Crippen molar-refractivity contribution in [1.82, 2.24) is 5.32 Å². The fraction of sp³-hybridized carbons (Fsp3) is 0.278. The number of nitrogens with zero attached hydrogens (tertiary/aromatic N) is 2. The van der Waals surface area contributed by atoms with E-state index in [0.717, 1.165) is 11.3 Å². The van der Waals surface area contributed by atoms with Gasteiger partial charge in [0.2, 0.25) is 0 Å². The largest absolute Gasteiger partial charge is 0.460 e. The van der Waals surface area contributed by atoms with Crippen LogP contribution in [0.2, 0.25) is 0 Å². The first-order valence-electron chi connectivity index (χ1n) is 7.35. The molecule has 24 heavy (non-hydrogen) atoms. The zero-order valence-electron chi connectivity index (χ0n) is 14.1. The minimum absolute atomic E-state index is 0.0150. The number of nitriles is 1. The predicted octanol–water partition coefficient (Wildman–Crippen LogP) is 1.90. The predicted molar refractivity (Wildman–Crippen MR) is 93.1 cm³/mol. The molecule has 1 N–H and O–H groups in total. The molecule has 1 amide bonds. The van der Waals surface area contributed by atoms with Crippen LogP contribution >= 0.6 is 0 Å². The molecule has 0 aliphatic carbocycles. The minimum atomic E-state index is -0.513. The van der Waals surface area contributed by atoms with Crippen molar-refractivity contribution in [2.45, 2.75) is 6.92 Å². The molecule has 126 valence electrons. The highest BCUT2D eigenvalue weighted by atomic mass is 16.5. The Labute approximate surface area is 142 Å². The lowest BCUT2D eigenvalue weighted by atomic mass is 10.1. The second-order valence-corrected chi connectivity index (χ2v) is 5.33. The van der Waals surface area contributed by atoms with Gasteiger partial charge in [0, 0.05) is 25.4 Å². The van der Waals surface area contributed by atoms with Gasteiger partial charge in [0.1, 0.15) is 18.2 Å². The molecule has 0 bridgehead atoms. The summed E-state index contributed by atoms with van der Waals surface area (Å²) in [4.78, 5) is 25.1. The highest BCUT2D eigenvalue weighted by molar-refractivity contribution is 6.01. The Morgan fingerprint density at radius 1 is 1.33 bits per heavy atom. The maximum atomic E-state index is 12.0. The highest BCUT2D eigenvalue weighted by Gasteiger charge is 2.09. The van der Waals surface area contributed by atoms with E-state index in [1.54, 1.807) is 6.92 Å². The maximum absolute atomic E-state index is 12.0. The molecular formula is C18H21N3O3. The first kappa shape index (κ1) is 19.0. The van der Waals surface area contributed by atoms with Gasteiger partial charge < -0.3 is 15.0 Å². The van der Waals surface area contributed by atoms with Crippen molar-refractivity contribution in [1.29, 1.82) is 5.26 Å². The van der Waals surface area contributed by atoms with E-state index >= 15 is 0 Å². The topological polar surface area (TPSA) is 82.4 Å². The molecule has 1 aromatic rings. The summed E-state index contributed by atoms with van der Waals surface area (Å²) in [5, 5.41) is 11.7. The fourth-order valence-electron chi connectivity index (χ4n) is 1.71. The molecule has 1 rings (SSSR count). The van der Waals surface area contributed by atoms with Crippen molar-refractivity contribution in [2.75, 3.05) is 32.1 Å². The Kier molecular flexibility index (Phi) is 7.24. The summed E-state index contributed by atoms with van der Waals surface area (Å²) >= 11 is 0. The maximum Gasteiger partial charge on any atom is 0.333 e. The number of hydrogen-bond acceptors (Lipinski definition) is 5. The molecule has 1 aromatic carbocycles. The number of esters is 1. The van der Waals surface area contributed by atoms with Gasteiger partial charge in [-0.3, -0.25) is 4.79 Å². The van der Waals surface area contributed by atoms with Crippen LogP contribution in [0.4, 0.5) is 5.69 Å². The van der Waals surface area contributed by atoms with Gasteiger partial charge in [0.25, 0.3) is 5.91 Å². The minimum Gasteiger partial charge on any atom is -0.460 e. The lowest BCUT2D eigenvalue weighted by molar-refractivity contribution is -0.139. The molecule has 0 radical (unpaired) electrons. The zero-order valence-corrected chi connectivity index (χ0v) is 14.1. The van der Waals surface area contributed by atoms with E-state index < -0.39 is 11.9 Å². The van der Waals surface area contributed by atoms with Crippen LogP contribution in [0.3, 0.4) is 0 Å². The van der Waals surface area contributed by atoms with Gasteiger partial charge in [-0.25, -0.2) is 4.79 Å². The third kappa shape index (κ3) is 5.97. The van der Waals surface area contributed by atoms with Crippen molar-refractivity contribution in [3.05, 3.63) is 47.6 Å². The van der Waals surface area contributed by atoms with Crippen molar-refractivity contribution in [3.63, 3.8) is 0 Å². The van der Waals surface area contributed by atoms with Gasteiger partial charge in [-0.05, 0) is 30.7 Å². The molecule has 0 heterocycles. The van der Waals surface area contributed by atoms with Crippen LogP contribution in [-0.4, -0.2) is 39.1 Å². The van der Waals surface area contributed by atoms with Crippen LogP contribution < -0.4 is 10.2 Å². The van der Waals surface area contributed by atoms with Gasteiger partial charge in [-0.1, -0.05) is 18.7 Å². The zero-order chi connectivity index (χ0) is 18.1. The quantitative estimate of drug-likeness (QED) is 0.358. The Morgan fingerprint density at radius 3 is 2.46 bits per heavy atom. The summed E-state index contributed by atoms with van der Waals surface area (Å²) in [6, 6.07) is 9.33. The molecule has 6 nitrogen and oxygen atoms in total. The number of carbonyl (C=O) groups excluding carboxylic acids is 2. The summed E-state index contributed by atoms with van der Waals surface area (Å²) < 4.78 is 4.86. The van der Waals surface area contributed by atoms with Crippen LogP contribution in [-0.2, 0) is 14.3 Å². The summed E-state index contributed by atoms with van der Waals surface area (Å²) in [5.41, 5.74) is 2.05. The first-order chi connectivity index (χ1) is 11.3. The fourth-order valence-corrected chi connectivity index (χ4v) is 1.71. The van der Waals surface area contributed by atoms with E-state index in [4.69, 9.17) is 10.00 Å². The molecule has 6 heteroatoms. The van der Waals surface area contributed by atoms with E-state index in [0.29, 0.717) is 5.57 Å². The number of nitrogens with one attached hydrogen (secondary N) is 1. The van der Waals surface area contributed by atoms with Crippen LogP contribution in [0.1, 0.15) is 12.5 Å². The number of carbonyl (C=O) groups is 2. The number of anilines is 1. The SMILES string of the molecule is C=C(C)C(=O)OCCNC(=O)/C(C#N)=C/c1ccc(N(C)C)cc1. The van der Waals surface area contributed by atoms with Crippen LogP contribution in [0.25, 0.3) is 6.08 Å². The molecule has 0 unspecified atom stereocenters. The molecular weight excluding hydrogens is 306 g/mol. The summed E-state index contributed by atoms with van der Waals surface area (Å²) in [7, 11) is 3.86. The normalized spacial score (nSPS) is 10.5. The lowest BCUT2D eigenvalue weighted by Gasteiger charge is -2.12. The molecule has 0 aromatic heterocycles. The number of rotatable bonds is 7. The molecule has 0 atom stereocenters. The van der Waals surface area contributed by atoms with Crippen LogP contribution in [0.5, 0.6) is 0 Å². The van der Waals surface area contributed by atoms with Crippen molar-refractivity contribution in [2.24, 2.45) is 0 Å². The number of amides is 1. The van der Waals surface area contributed by atoms with Gasteiger partial charge in [-0.15, -0.1) is 0 Å². The summed E-state index contributed by atoms with van der Waals surface area (Å²) in [5.74, 6) is -1.03. The second kappa shape index (κ2) is 9.16. The summed E-state index contributed by atoms with van der Waals surface area (Å²) in [6.07, 6.45) is 1.51. The van der Waals surface area contributed by atoms with Gasteiger partial charge in [-0.2, -0.15) is 5.26 Å². The van der Waals surface area contributed by atoms with Gasteiger partial charge >= 0.3 is 5.97 Å². The van der Waals surface area contributed by atoms with E-state index in [1.165, 1.54) is 6.08 Å². The van der Waals surface area contributed by atoms with E-state index in [-0.39, 0.29) is 18.7 Å².